The summed E-state index contributed by atoms with van der Waals surface area (Å²) in [4.78, 5) is 15.4. The molecule has 0 aliphatic carbocycles. The first-order valence-electron chi connectivity index (χ1n) is 6.33. The number of aryl methyl sites for hydroxylation is 1. The first-order chi connectivity index (χ1) is 9.16. The Morgan fingerprint density at radius 3 is 2.95 bits per heavy atom. The molecular weight excluding hydrogens is 240 g/mol. The fourth-order valence-electron chi connectivity index (χ4n) is 1.97. The number of benzene rings is 1. The summed E-state index contributed by atoms with van der Waals surface area (Å²) in [6, 6.07) is 8.22. The molecule has 1 aliphatic heterocycles. The van der Waals surface area contributed by atoms with Gasteiger partial charge in [0.25, 0.3) is 0 Å². The molecule has 0 radical (unpaired) electrons. The van der Waals surface area contributed by atoms with Crippen LogP contribution in [0.2, 0.25) is 0 Å². The Balaban J connectivity index is 2.15. The van der Waals surface area contributed by atoms with Gasteiger partial charge in [-0.2, -0.15) is 5.10 Å². The van der Waals surface area contributed by atoms with Crippen molar-refractivity contribution in [2.24, 2.45) is 10.1 Å². The highest BCUT2D eigenvalue weighted by Gasteiger charge is 2.11. The summed E-state index contributed by atoms with van der Waals surface area (Å²) in [6.45, 7) is 4.75. The average Bonchev–Trinajstić information content (AvgIpc) is 2.62. The van der Waals surface area contributed by atoms with Gasteiger partial charge in [0.2, 0.25) is 5.91 Å². The van der Waals surface area contributed by atoms with E-state index in [2.05, 4.69) is 39.9 Å². The van der Waals surface area contributed by atoms with Crippen LogP contribution < -0.4 is 10.7 Å². The molecule has 0 saturated carbocycles. The maximum absolute atomic E-state index is 10.8. The molecule has 1 amide bonds. The molecule has 1 heterocycles. The molecule has 1 aromatic rings. The van der Waals surface area contributed by atoms with Crippen molar-refractivity contribution < 1.29 is 4.79 Å². The monoisotopic (exact) mass is 258 g/mol. The van der Waals surface area contributed by atoms with Crippen molar-refractivity contribution in [3.8, 4) is 0 Å². The van der Waals surface area contributed by atoms with Crippen LogP contribution in [0.15, 0.2) is 34.4 Å². The standard InChI is InChI=1S/C14H18N4O/c1-10-5-3-4-6-12(10)13-7-8-15-14(9-16-13)18-17-11(2)19/h3-6H,7-9H2,1-2H3,(H,15,18)(H,17,19). The molecule has 0 saturated heterocycles. The Kier molecular flexibility index (Phi) is 4.28. The number of hydrazone groups is 1. The van der Waals surface area contributed by atoms with E-state index in [9.17, 15) is 4.79 Å². The molecule has 1 aromatic carbocycles. The third kappa shape index (κ3) is 3.64. The lowest BCUT2D eigenvalue weighted by atomic mass is 10.0. The number of carbonyl (C=O) groups is 1. The molecule has 5 nitrogen and oxygen atoms in total. The number of hydrogen-bond donors (Lipinski definition) is 2. The number of carbonyl (C=O) groups excluding carboxylic acids is 1. The minimum Gasteiger partial charge on any atom is -0.370 e. The number of hydrogen-bond acceptors (Lipinski definition) is 3. The number of amidine groups is 1. The average molecular weight is 258 g/mol. The van der Waals surface area contributed by atoms with Gasteiger partial charge in [0.05, 0.1) is 6.54 Å². The summed E-state index contributed by atoms with van der Waals surface area (Å²) in [5.74, 6) is 0.514. The second-order valence-electron chi connectivity index (χ2n) is 4.48. The van der Waals surface area contributed by atoms with Crippen LogP contribution in [-0.4, -0.2) is 30.5 Å². The third-order valence-corrected chi connectivity index (χ3v) is 2.91. The molecule has 100 valence electrons. The van der Waals surface area contributed by atoms with Gasteiger partial charge >= 0.3 is 0 Å². The molecule has 2 rings (SSSR count). The van der Waals surface area contributed by atoms with Gasteiger partial charge in [-0.25, -0.2) is 5.43 Å². The maximum Gasteiger partial charge on any atom is 0.237 e. The Labute approximate surface area is 112 Å². The molecule has 0 atom stereocenters. The summed E-state index contributed by atoms with van der Waals surface area (Å²) in [7, 11) is 0. The van der Waals surface area contributed by atoms with E-state index in [1.165, 1.54) is 18.1 Å². The number of aliphatic imine (C=N–C) groups is 1. The Bertz CT molecular complexity index is 534. The van der Waals surface area contributed by atoms with E-state index in [1.54, 1.807) is 0 Å². The van der Waals surface area contributed by atoms with Gasteiger partial charge < -0.3 is 5.32 Å². The molecule has 0 spiro atoms. The highest BCUT2D eigenvalue weighted by atomic mass is 16.2. The van der Waals surface area contributed by atoms with Crippen LogP contribution in [0.3, 0.4) is 0 Å². The van der Waals surface area contributed by atoms with Gasteiger partial charge in [-0.05, 0) is 18.1 Å². The van der Waals surface area contributed by atoms with Crippen LogP contribution in [0.5, 0.6) is 0 Å². The molecule has 19 heavy (non-hydrogen) atoms. The highest BCUT2D eigenvalue weighted by Crippen LogP contribution is 2.11. The summed E-state index contributed by atoms with van der Waals surface area (Å²) >= 11 is 0. The van der Waals surface area contributed by atoms with Crippen molar-refractivity contribution in [3.05, 3.63) is 35.4 Å². The van der Waals surface area contributed by atoms with Crippen LogP contribution in [0.25, 0.3) is 0 Å². The van der Waals surface area contributed by atoms with E-state index in [-0.39, 0.29) is 5.91 Å². The zero-order valence-corrected chi connectivity index (χ0v) is 11.2. The largest absolute Gasteiger partial charge is 0.370 e. The van der Waals surface area contributed by atoms with Crippen molar-refractivity contribution in [3.63, 3.8) is 0 Å². The first-order valence-corrected chi connectivity index (χ1v) is 6.33. The zero-order valence-electron chi connectivity index (χ0n) is 11.2. The second kappa shape index (κ2) is 6.13. The van der Waals surface area contributed by atoms with Crippen molar-refractivity contribution in [2.75, 3.05) is 13.1 Å². The van der Waals surface area contributed by atoms with E-state index < -0.39 is 0 Å². The van der Waals surface area contributed by atoms with Gasteiger partial charge in [-0.15, -0.1) is 0 Å². The van der Waals surface area contributed by atoms with Gasteiger partial charge in [0.15, 0.2) is 0 Å². The Hall–Kier alpha value is -2.17. The lowest BCUT2D eigenvalue weighted by Gasteiger charge is -2.06. The van der Waals surface area contributed by atoms with E-state index in [0.717, 1.165) is 18.7 Å². The van der Waals surface area contributed by atoms with Gasteiger partial charge in [0, 0.05) is 25.6 Å². The summed E-state index contributed by atoms with van der Waals surface area (Å²) in [5, 5.41) is 7.17. The second-order valence-corrected chi connectivity index (χ2v) is 4.48. The van der Waals surface area contributed by atoms with Gasteiger partial charge in [0.1, 0.15) is 5.84 Å². The van der Waals surface area contributed by atoms with E-state index in [1.807, 2.05) is 12.1 Å². The Morgan fingerprint density at radius 2 is 2.21 bits per heavy atom. The quantitative estimate of drug-likeness (QED) is 0.783. The van der Waals surface area contributed by atoms with Crippen molar-refractivity contribution >= 4 is 17.5 Å². The van der Waals surface area contributed by atoms with Crippen LogP contribution in [0.1, 0.15) is 24.5 Å². The predicted octanol–water partition coefficient (Wildman–Crippen LogP) is 1.23. The maximum atomic E-state index is 10.8. The number of nitrogens with one attached hydrogen (secondary N) is 2. The Morgan fingerprint density at radius 1 is 1.42 bits per heavy atom. The van der Waals surface area contributed by atoms with E-state index >= 15 is 0 Å². The molecule has 0 bridgehead atoms. The van der Waals surface area contributed by atoms with Crippen molar-refractivity contribution in [2.45, 2.75) is 20.3 Å². The lowest BCUT2D eigenvalue weighted by Crippen LogP contribution is -2.29. The summed E-state index contributed by atoms with van der Waals surface area (Å²) in [5.41, 5.74) is 5.92. The van der Waals surface area contributed by atoms with Crippen LogP contribution in [0, 0.1) is 6.92 Å². The molecule has 5 heteroatoms. The molecule has 0 aromatic heterocycles. The highest BCUT2D eigenvalue weighted by molar-refractivity contribution is 6.04. The SMILES string of the molecule is CC(=O)N/N=C1\CN=C(c2ccccc2C)CCN1. The fraction of sp³-hybridized carbons (Fsp3) is 0.357. The van der Waals surface area contributed by atoms with Crippen LogP contribution in [0.4, 0.5) is 0 Å². The minimum atomic E-state index is -0.179. The van der Waals surface area contributed by atoms with Crippen molar-refractivity contribution in [1.29, 1.82) is 0 Å². The first kappa shape index (κ1) is 13.3. The van der Waals surface area contributed by atoms with Crippen molar-refractivity contribution in [1.82, 2.24) is 10.7 Å². The fourth-order valence-corrected chi connectivity index (χ4v) is 1.97. The third-order valence-electron chi connectivity index (χ3n) is 2.91. The summed E-state index contributed by atoms with van der Waals surface area (Å²) in [6.07, 6.45) is 0.851. The lowest BCUT2D eigenvalue weighted by molar-refractivity contribution is -0.118. The van der Waals surface area contributed by atoms with E-state index in [0.29, 0.717) is 12.4 Å². The van der Waals surface area contributed by atoms with E-state index in [4.69, 9.17) is 0 Å². The minimum absolute atomic E-state index is 0.179. The molecule has 1 aliphatic rings. The molecule has 2 N–H and O–H groups in total. The molecule has 0 unspecified atom stereocenters. The zero-order chi connectivity index (χ0) is 13.7. The van der Waals surface area contributed by atoms with Crippen LogP contribution in [-0.2, 0) is 4.79 Å². The normalized spacial score (nSPS) is 17.4. The van der Waals surface area contributed by atoms with Gasteiger partial charge in [-0.3, -0.25) is 9.79 Å². The predicted molar refractivity (Wildman–Crippen MR) is 76.5 cm³/mol. The number of rotatable bonds is 2. The summed E-state index contributed by atoms with van der Waals surface area (Å²) < 4.78 is 0. The van der Waals surface area contributed by atoms with Crippen LogP contribution >= 0.6 is 0 Å². The molecular formula is C14H18N4O. The number of amides is 1. The molecule has 0 fully saturated rings. The number of nitrogens with zero attached hydrogens (tertiary/aromatic N) is 2. The smallest absolute Gasteiger partial charge is 0.237 e. The topological polar surface area (TPSA) is 65.8 Å². The van der Waals surface area contributed by atoms with Gasteiger partial charge in [-0.1, -0.05) is 24.3 Å².